The van der Waals surface area contributed by atoms with Gasteiger partial charge in [-0.05, 0) is 49.4 Å². The Balaban J connectivity index is 1.95. The topological polar surface area (TPSA) is 109 Å². The highest BCUT2D eigenvalue weighted by molar-refractivity contribution is 6.51. The van der Waals surface area contributed by atoms with Gasteiger partial charge >= 0.3 is 0 Å². The van der Waals surface area contributed by atoms with Crippen molar-refractivity contribution in [1.82, 2.24) is 0 Å². The van der Waals surface area contributed by atoms with E-state index in [0.29, 0.717) is 17.3 Å². The molecule has 2 aromatic carbocycles. The van der Waals surface area contributed by atoms with Gasteiger partial charge in [-0.2, -0.15) is 0 Å². The number of carbonyl (C=O) groups is 2. The molecule has 1 unspecified atom stereocenters. The molecule has 1 aliphatic rings. The zero-order chi connectivity index (χ0) is 23.0. The Bertz CT molecular complexity index is 1240. The Kier molecular flexibility index (Phi) is 5.36. The summed E-state index contributed by atoms with van der Waals surface area (Å²) in [5.74, 6) is -0.767. The third kappa shape index (κ3) is 3.35. The number of hydrogen-bond acceptors (Lipinski definition) is 7. The number of Topliss-reactive ketones (excluding diaryl/α,β-unsaturated/α-hetero) is 1. The maximum atomic E-state index is 13.1. The molecule has 2 heterocycles. The first-order chi connectivity index (χ1) is 15.4. The number of furan rings is 1. The number of phenolic OH excluding ortho intramolecular Hbond substituents is 1. The van der Waals surface area contributed by atoms with E-state index in [1.807, 2.05) is 0 Å². The summed E-state index contributed by atoms with van der Waals surface area (Å²) in [5.41, 5.74) is 0.214. The molecule has 1 fully saturated rings. The predicted octanol–water partition coefficient (Wildman–Crippen LogP) is 3.94. The highest BCUT2D eigenvalue weighted by Crippen LogP contribution is 2.45. The van der Waals surface area contributed by atoms with E-state index >= 15 is 0 Å². The molecule has 4 rings (SSSR count). The molecule has 8 heteroatoms. The number of hydrogen-bond donors (Lipinski definition) is 2. The third-order valence-electron chi connectivity index (χ3n) is 5.27. The molecule has 1 saturated heterocycles. The van der Waals surface area contributed by atoms with Crippen molar-refractivity contribution >= 4 is 23.1 Å². The smallest absolute Gasteiger partial charge is 0.300 e. The minimum Gasteiger partial charge on any atom is -0.507 e. The predicted molar refractivity (Wildman–Crippen MR) is 116 cm³/mol. The molecule has 0 spiro atoms. The molecule has 164 valence electrons. The fraction of sp³-hybridized carbons (Fsp3) is 0.167. The monoisotopic (exact) mass is 435 g/mol. The van der Waals surface area contributed by atoms with E-state index in [1.165, 1.54) is 32.4 Å². The molecule has 0 bridgehead atoms. The Labute approximate surface area is 183 Å². The van der Waals surface area contributed by atoms with Crippen molar-refractivity contribution in [2.24, 2.45) is 0 Å². The summed E-state index contributed by atoms with van der Waals surface area (Å²) < 4.78 is 16.2. The van der Waals surface area contributed by atoms with Crippen LogP contribution in [-0.4, -0.2) is 36.1 Å². The summed E-state index contributed by atoms with van der Waals surface area (Å²) in [6, 6.07) is 13.0. The lowest BCUT2D eigenvalue weighted by Crippen LogP contribution is -2.29. The van der Waals surface area contributed by atoms with Gasteiger partial charge in [0.2, 0.25) is 0 Å². The number of ether oxygens (including phenoxy) is 2. The molecule has 1 aromatic heterocycles. The molecule has 1 aliphatic heterocycles. The standard InChI is InChI=1S/C24H21NO7/c1-13-8-10-18(32-13)21-20(22(27)14-9-11-17(30-2)19(12-14)31-3)23(28)24(29)25(21)15-6-4-5-7-16(15)26/h4-12,21,26-27H,1-3H3/b22-20-. The molecule has 0 aliphatic carbocycles. The summed E-state index contributed by atoms with van der Waals surface area (Å²) in [4.78, 5) is 27.3. The second-order valence-electron chi connectivity index (χ2n) is 7.18. The number of carbonyl (C=O) groups excluding carboxylic acids is 2. The molecule has 0 saturated carbocycles. The molecule has 8 nitrogen and oxygen atoms in total. The number of nitrogens with zero attached hydrogens (tertiary/aromatic N) is 1. The van der Waals surface area contributed by atoms with E-state index in [2.05, 4.69) is 0 Å². The van der Waals surface area contributed by atoms with Gasteiger partial charge < -0.3 is 24.1 Å². The number of phenols is 1. The Morgan fingerprint density at radius 2 is 1.72 bits per heavy atom. The molecule has 2 N–H and O–H groups in total. The summed E-state index contributed by atoms with van der Waals surface area (Å²) >= 11 is 0. The highest BCUT2D eigenvalue weighted by atomic mass is 16.5. The van der Waals surface area contributed by atoms with E-state index in [1.54, 1.807) is 43.3 Å². The first-order valence-electron chi connectivity index (χ1n) is 9.75. The second-order valence-corrected chi connectivity index (χ2v) is 7.18. The molecular formula is C24H21NO7. The van der Waals surface area contributed by atoms with Crippen molar-refractivity contribution in [3.63, 3.8) is 0 Å². The van der Waals surface area contributed by atoms with Gasteiger partial charge in [-0.15, -0.1) is 0 Å². The van der Waals surface area contributed by atoms with E-state index in [0.717, 1.165) is 4.90 Å². The maximum absolute atomic E-state index is 13.1. The fourth-order valence-electron chi connectivity index (χ4n) is 3.76. The average molecular weight is 435 g/mol. The van der Waals surface area contributed by atoms with Crippen LogP contribution in [0, 0.1) is 6.92 Å². The number of rotatable bonds is 5. The number of benzene rings is 2. The number of aryl methyl sites for hydroxylation is 1. The first-order valence-corrected chi connectivity index (χ1v) is 9.75. The fourth-order valence-corrected chi connectivity index (χ4v) is 3.76. The summed E-state index contributed by atoms with van der Waals surface area (Å²) in [6.07, 6.45) is 0. The molecule has 3 aromatic rings. The van der Waals surface area contributed by atoms with Gasteiger partial charge in [-0.25, -0.2) is 0 Å². The van der Waals surface area contributed by atoms with E-state index in [9.17, 15) is 19.8 Å². The van der Waals surface area contributed by atoms with Crippen LogP contribution in [0.2, 0.25) is 0 Å². The van der Waals surface area contributed by atoms with Gasteiger partial charge in [0.15, 0.2) is 11.5 Å². The van der Waals surface area contributed by atoms with Crippen LogP contribution in [0.15, 0.2) is 64.6 Å². The van der Waals surface area contributed by atoms with Crippen LogP contribution in [0.5, 0.6) is 17.2 Å². The highest BCUT2D eigenvalue weighted by Gasteiger charge is 2.49. The number of aliphatic hydroxyl groups is 1. The number of anilines is 1. The van der Waals surface area contributed by atoms with Gasteiger partial charge in [-0.3, -0.25) is 14.5 Å². The van der Waals surface area contributed by atoms with Gasteiger partial charge in [0, 0.05) is 5.56 Å². The lowest BCUT2D eigenvalue weighted by atomic mass is 9.99. The molecule has 1 atom stereocenters. The second kappa shape index (κ2) is 8.14. The van der Waals surface area contributed by atoms with Gasteiger partial charge in [0.25, 0.3) is 11.7 Å². The van der Waals surface area contributed by atoms with E-state index < -0.39 is 23.5 Å². The quantitative estimate of drug-likeness (QED) is 0.355. The van der Waals surface area contributed by atoms with Gasteiger partial charge in [-0.1, -0.05) is 12.1 Å². The lowest BCUT2D eigenvalue weighted by molar-refractivity contribution is -0.132. The summed E-state index contributed by atoms with van der Waals surface area (Å²) in [7, 11) is 2.93. The minimum absolute atomic E-state index is 0.125. The van der Waals surface area contributed by atoms with Crippen LogP contribution in [0.3, 0.4) is 0 Å². The van der Waals surface area contributed by atoms with Crippen molar-refractivity contribution in [2.45, 2.75) is 13.0 Å². The first kappa shape index (κ1) is 21.0. The SMILES string of the molecule is COc1ccc(/C(O)=C2/C(=O)C(=O)N(c3ccccc3O)C2c2ccc(C)o2)cc1OC. The number of amides is 1. The number of aliphatic hydroxyl groups excluding tert-OH is 1. The van der Waals surface area contributed by atoms with Crippen LogP contribution < -0.4 is 14.4 Å². The van der Waals surface area contributed by atoms with Crippen LogP contribution in [-0.2, 0) is 9.59 Å². The normalized spacial score (nSPS) is 17.6. The molecule has 32 heavy (non-hydrogen) atoms. The van der Waals surface area contributed by atoms with Crippen molar-refractivity contribution in [1.29, 1.82) is 0 Å². The molecular weight excluding hydrogens is 414 g/mol. The Hall–Kier alpha value is -4.20. The Morgan fingerprint density at radius 1 is 1.00 bits per heavy atom. The summed E-state index contributed by atoms with van der Waals surface area (Å²) in [6.45, 7) is 1.73. The molecule has 0 radical (unpaired) electrons. The van der Waals surface area contributed by atoms with Gasteiger partial charge in [0.1, 0.15) is 29.1 Å². The number of ketones is 1. The average Bonchev–Trinajstić information content (AvgIpc) is 3.34. The van der Waals surface area contributed by atoms with Crippen molar-refractivity contribution in [3.05, 3.63) is 77.3 Å². The van der Waals surface area contributed by atoms with Crippen molar-refractivity contribution in [3.8, 4) is 17.2 Å². The van der Waals surface area contributed by atoms with Crippen molar-refractivity contribution in [2.75, 3.05) is 19.1 Å². The van der Waals surface area contributed by atoms with Crippen LogP contribution in [0.1, 0.15) is 23.1 Å². The lowest BCUT2D eigenvalue weighted by Gasteiger charge is -2.24. The summed E-state index contributed by atoms with van der Waals surface area (Å²) in [5, 5.41) is 21.5. The van der Waals surface area contributed by atoms with E-state index in [4.69, 9.17) is 13.9 Å². The third-order valence-corrected chi connectivity index (χ3v) is 5.27. The number of para-hydroxylation sites is 2. The molecule has 1 amide bonds. The maximum Gasteiger partial charge on any atom is 0.300 e. The zero-order valence-corrected chi connectivity index (χ0v) is 17.7. The zero-order valence-electron chi connectivity index (χ0n) is 17.7. The van der Waals surface area contributed by atoms with Crippen LogP contribution in [0.4, 0.5) is 5.69 Å². The van der Waals surface area contributed by atoms with Crippen molar-refractivity contribution < 1.29 is 33.7 Å². The van der Waals surface area contributed by atoms with Crippen LogP contribution in [0.25, 0.3) is 5.76 Å². The van der Waals surface area contributed by atoms with Crippen LogP contribution >= 0.6 is 0 Å². The largest absolute Gasteiger partial charge is 0.507 e. The number of aromatic hydroxyl groups is 1. The Morgan fingerprint density at radius 3 is 2.34 bits per heavy atom. The minimum atomic E-state index is -1.08. The van der Waals surface area contributed by atoms with Gasteiger partial charge in [0.05, 0.1) is 25.5 Å². The number of methoxy groups -OCH3 is 2. The van der Waals surface area contributed by atoms with E-state index in [-0.39, 0.29) is 28.3 Å².